The molecule has 0 saturated carbocycles. The molecule has 0 spiro atoms. The maximum atomic E-state index is 12.5. The molecule has 1 aromatic carbocycles. The Morgan fingerprint density at radius 2 is 2.04 bits per heavy atom. The van der Waals surface area contributed by atoms with Gasteiger partial charge in [0.25, 0.3) is 0 Å². The van der Waals surface area contributed by atoms with Crippen LogP contribution >= 0.6 is 0 Å². The van der Waals surface area contributed by atoms with E-state index < -0.39 is 0 Å². The van der Waals surface area contributed by atoms with Gasteiger partial charge in [-0.15, -0.1) is 0 Å². The Morgan fingerprint density at radius 1 is 1.28 bits per heavy atom. The minimum Gasteiger partial charge on any atom is -0.456 e. The highest BCUT2D eigenvalue weighted by Crippen LogP contribution is 2.20. The van der Waals surface area contributed by atoms with Crippen molar-refractivity contribution in [2.24, 2.45) is 0 Å². The van der Waals surface area contributed by atoms with Gasteiger partial charge in [-0.3, -0.25) is 4.79 Å². The molecule has 0 aliphatic rings. The Balaban J connectivity index is 2.67. The zero-order valence-electron chi connectivity index (χ0n) is 15.1. The number of rotatable bonds is 5. The summed E-state index contributed by atoms with van der Waals surface area (Å²) >= 11 is 0. The molecule has 128 valence electrons. The van der Waals surface area contributed by atoms with Crippen molar-refractivity contribution in [1.82, 2.24) is 0 Å². The Hall–Kier alpha value is -2.87. The number of allylic oxidation sites excluding steroid dienone is 7. The van der Waals surface area contributed by atoms with Gasteiger partial charge in [0, 0.05) is 0 Å². The van der Waals surface area contributed by atoms with Gasteiger partial charge < -0.3 is 4.42 Å². The highest BCUT2D eigenvalue weighted by atomic mass is 16.3. The fourth-order valence-corrected chi connectivity index (χ4v) is 2.45. The first-order valence-corrected chi connectivity index (χ1v) is 8.40. The summed E-state index contributed by atoms with van der Waals surface area (Å²) in [5.41, 5.74) is 3.98. The summed E-state index contributed by atoms with van der Waals surface area (Å²) in [4.78, 5) is 12.5. The molecule has 0 amide bonds. The highest BCUT2D eigenvalue weighted by molar-refractivity contribution is 5.84. The van der Waals surface area contributed by atoms with Gasteiger partial charge >= 0.3 is 0 Å². The fourth-order valence-electron chi connectivity index (χ4n) is 2.45. The monoisotopic (exact) mass is 332 g/mol. The molecule has 0 aliphatic carbocycles. The van der Waals surface area contributed by atoms with Crippen LogP contribution in [0.25, 0.3) is 29.2 Å². The molecule has 0 radical (unpaired) electrons. The summed E-state index contributed by atoms with van der Waals surface area (Å²) in [7, 11) is 0. The van der Waals surface area contributed by atoms with E-state index in [1.54, 1.807) is 12.1 Å². The van der Waals surface area contributed by atoms with Crippen LogP contribution in [0.4, 0.5) is 0 Å². The van der Waals surface area contributed by atoms with Crippen LogP contribution in [-0.4, -0.2) is 0 Å². The molecule has 0 aliphatic heterocycles. The lowest BCUT2D eigenvalue weighted by molar-refractivity contribution is 0.559. The van der Waals surface area contributed by atoms with Crippen molar-refractivity contribution in [3.8, 4) is 0 Å². The molecule has 0 N–H and O–H groups in total. The van der Waals surface area contributed by atoms with E-state index in [9.17, 15) is 4.79 Å². The average molecular weight is 332 g/mol. The van der Waals surface area contributed by atoms with Crippen molar-refractivity contribution >= 4 is 29.2 Å². The fraction of sp³-hybridized carbons (Fsp3) is 0.174. The molecule has 1 aromatic heterocycles. The quantitative estimate of drug-likeness (QED) is 0.755. The lowest BCUT2D eigenvalue weighted by Gasteiger charge is -2.04. The van der Waals surface area contributed by atoms with Gasteiger partial charge in [-0.1, -0.05) is 62.1 Å². The molecule has 2 nitrogen and oxygen atoms in total. The standard InChI is InChI=1S/C23H24O2/c1-6-8-9-10-21-17(5)23(24)20-14-13-19(15-22(20)25-21)18(7-2)12-11-16(3)4/h7-15H,3,5-6H2,1-2,4H3/b9-8-,12-11-,18-7+,21-10+. The maximum absolute atomic E-state index is 12.5. The number of hydrogen-bond donors (Lipinski definition) is 0. The van der Waals surface area contributed by atoms with Gasteiger partial charge in [0.2, 0.25) is 0 Å². The van der Waals surface area contributed by atoms with E-state index in [1.807, 2.05) is 56.4 Å². The summed E-state index contributed by atoms with van der Waals surface area (Å²) in [5, 5.41) is 0.930. The van der Waals surface area contributed by atoms with Gasteiger partial charge in [0.05, 0.1) is 10.6 Å². The topological polar surface area (TPSA) is 30.2 Å². The Labute approximate surface area is 148 Å². The Kier molecular flexibility index (Phi) is 6.13. The van der Waals surface area contributed by atoms with Crippen molar-refractivity contribution in [3.05, 3.63) is 87.2 Å². The zero-order valence-corrected chi connectivity index (χ0v) is 15.1. The molecule has 0 atom stereocenters. The van der Waals surface area contributed by atoms with E-state index >= 15 is 0 Å². The second-order valence-corrected chi connectivity index (χ2v) is 5.91. The van der Waals surface area contributed by atoms with Crippen molar-refractivity contribution in [2.45, 2.75) is 27.2 Å². The molecule has 2 heteroatoms. The molecule has 2 aromatic rings. The highest BCUT2D eigenvalue weighted by Gasteiger charge is 2.06. The van der Waals surface area contributed by atoms with Crippen LogP contribution in [0.15, 0.2) is 69.9 Å². The second kappa shape index (κ2) is 8.29. The summed E-state index contributed by atoms with van der Waals surface area (Å²) in [5.74, 6) is 0. The van der Waals surface area contributed by atoms with Gasteiger partial charge in [-0.25, -0.2) is 0 Å². The van der Waals surface area contributed by atoms with Gasteiger partial charge in [0.15, 0.2) is 5.43 Å². The van der Waals surface area contributed by atoms with Gasteiger partial charge in [-0.05, 0) is 49.6 Å². The average Bonchev–Trinajstić information content (AvgIpc) is 2.59. The predicted octanol–water partition coefficient (Wildman–Crippen LogP) is 4.49. The third-order valence-corrected chi connectivity index (χ3v) is 3.83. The molecular weight excluding hydrogens is 308 g/mol. The molecule has 2 rings (SSSR count). The molecule has 0 fully saturated rings. The van der Waals surface area contributed by atoms with Crippen LogP contribution in [0.3, 0.4) is 0 Å². The van der Waals surface area contributed by atoms with E-state index in [1.165, 1.54) is 0 Å². The smallest absolute Gasteiger partial charge is 0.199 e. The van der Waals surface area contributed by atoms with Crippen LogP contribution < -0.4 is 16.1 Å². The summed E-state index contributed by atoms with van der Waals surface area (Å²) in [6, 6.07) is 5.63. The number of benzene rings is 1. The van der Waals surface area contributed by atoms with E-state index in [2.05, 4.69) is 20.1 Å². The third-order valence-electron chi connectivity index (χ3n) is 3.83. The van der Waals surface area contributed by atoms with Crippen LogP contribution in [-0.2, 0) is 0 Å². The summed E-state index contributed by atoms with van der Waals surface area (Å²) in [6.07, 6.45) is 12.6. The molecular formula is C23H24O2. The minimum absolute atomic E-state index is 0.0940. The largest absolute Gasteiger partial charge is 0.456 e. The van der Waals surface area contributed by atoms with Crippen molar-refractivity contribution in [3.63, 3.8) is 0 Å². The van der Waals surface area contributed by atoms with Crippen LogP contribution in [0.1, 0.15) is 32.8 Å². The first kappa shape index (κ1) is 18.5. The maximum Gasteiger partial charge on any atom is 0.199 e. The predicted molar refractivity (Wildman–Crippen MR) is 109 cm³/mol. The summed E-state index contributed by atoms with van der Waals surface area (Å²) in [6.45, 7) is 13.7. The normalized spacial score (nSPS) is 13.4. The van der Waals surface area contributed by atoms with Crippen LogP contribution in [0.5, 0.6) is 0 Å². The Morgan fingerprint density at radius 3 is 2.68 bits per heavy atom. The van der Waals surface area contributed by atoms with Crippen molar-refractivity contribution < 1.29 is 4.42 Å². The minimum atomic E-state index is -0.0940. The van der Waals surface area contributed by atoms with Crippen molar-refractivity contribution in [1.29, 1.82) is 0 Å². The lowest BCUT2D eigenvalue weighted by Crippen LogP contribution is -2.37. The third kappa shape index (κ3) is 4.36. The van der Waals surface area contributed by atoms with E-state index in [0.717, 1.165) is 23.1 Å². The van der Waals surface area contributed by atoms with E-state index in [0.29, 0.717) is 21.6 Å². The first-order valence-electron chi connectivity index (χ1n) is 8.40. The van der Waals surface area contributed by atoms with E-state index in [4.69, 9.17) is 4.42 Å². The number of fused-ring (bicyclic) bond motifs is 1. The lowest BCUT2D eigenvalue weighted by atomic mass is 10.0. The Bertz CT molecular complexity index is 1040. The SMILES string of the molecule is C=C(C)/C=C\C(=C/C)c1ccc2c(=O)c(=C)/c(=C\C=C/CC)oc2c1. The molecule has 0 unspecified atom stereocenters. The molecule has 25 heavy (non-hydrogen) atoms. The first-order chi connectivity index (χ1) is 12.0. The molecule has 0 bridgehead atoms. The van der Waals surface area contributed by atoms with Gasteiger partial charge in [-0.2, -0.15) is 0 Å². The summed E-state index contributed by atoms with van der Waals surface area (Å²) < 4.78 is 5.94. The van der Waals surface area contributed by atoms with Crippen molar-refractivity contribution in [2.75, 3.05) is 0 Å². The van der Waals surface area contributed by atoms with Gasteiger partial charge in [0.1, 0.15) is 11.0 Å². The molecule has 0 saturated heterocycles. The number of hydrogen-bond acceptors (Lipinski definition) is 2. The van der Waals surface area contributed by atoms with E-state index in [-0.39, 0.29) is 5.43 Å². The zero-order chi connectivity index (χ0) is 18.4. The van der Waals surface area contributed by atoms with Crippen LogP contribution in [0, 0.1) is 0 Å². The second-order valence-electron chi connectivity index (χ2n) is 5.91. The van der Waals surface area contributed by atoms with Crippen LogP contribution in [0.2, 0.25) is 0 Å². The molecule has 1 heterocycles.